The van der Waals surface area contributed by atoms with Gasteiger partial charge in [-0.1, -0.05) is 55.8 Å². The number of aliphatic hydroxyl groups is 2. The maximum atomic E-state index is 12.6. The van der Waals surface area contributed by atoms with Crippen LogP contribution >= 0.6 is 0 Å². The zero-order valence-corrected chi connectivity index (χ0v) is 21.5. The van der Waals surface area contributed by atoms with Crippen LogP contribution in [0.25, 0.3) is 0 Å². The first kappa shape index (κ1) is 27.2. The van der Waals surface area contributed by atoms with Crippen molar-refractivity contribution >= 4 is 11.9 Å². The first-order valence-corrected chi connectivity index (χ1v) is 12.6. The van der Waals surface area contributed by atoms with Crippen molar-refractivity contribution in [3.8, 4) is 0 Å². The quantitative estimate of drug-likeness (QED) is 0.307. The Bertz CT molecular complexity index is 951. The van der Waals surface area contributed by atoms with Crippen LogP contribution in [-0.2, 0) is 25.5 Å². The highest BCUT2D eigenvalue weighted by atomic mass is 16.5. The second-order valence-corrected chi connectivity index (χ2v) is 10.6. The van der Waals surface area contributed by atoms with Crippen LogP contribution in [0.15, 0.2) is 53.6 Å². The van der Waals surface area contributed by atoms with E-state index in [1.54, 1.807) is 0 Å². The first-order valence-electron chi connectivity index (χ1n) is 12.6. The van der Waals surface area contributed by atoms with Gasteiger partial charge in [-0.15, -0.1) is 0 Å². The highest BCUT2D eigenvalue weighted by molar-refractivity contribution is 5.82. The molecular weight excluding hydrogens is 444 g/mol. The topological polar surface area (TPSA) is 93.1 Å². The summed E-state index contributed by atoms with van der Waals surface area (Å²) >= 11 is 0. The van der Waals surface area contributed by atoms with Crippen LogP contribution in [0.2, 0.25) is 0 Å². The molecule has 2 aliphatic rings. The number of ether oxygens (including phenoxy) is 2. The summed E-state index contributed by atoms with van der Waals surface area (Å²) in [6.07, 6.45) is 6.87. The standard InChI is InChI=1S/C29H40O6/c1-20(15-26(32)34-4)13-14-28(2)23(19-35-27(33)16-21-9-6-5-7-10-21)17-25(31)29(3)22(18-30)11-8-12-24(28)29/h5-7,9-11,15,23-25,30-31H,8,12-14,16-19H2,1-4H3/b20-15+/t23-,24+,25-,28-,29-/m0/s1. The lowest BCUT2D eigenvalue weighted by Crippen LogP contribution is -2.58. The van der Waals surface area contributed by atoms with Crippen molar-refractivity contribution in [2.75, 3.05) is 20.3 Å². The van der Waals surface area contributed by atoms with Crippen molar-refractivity contribution in [1.82, 2.24) is 0 Å². The Balaban J connectivity index is 1.83. The van der Waals surface area contributed by atoms with Crippen LogP contribution < -0.4 is 0 Å². The second kappa shape index (κ2) is 11.5. The summed E-state index contributed by atoms with van der Waals surface area (Å²) in [4.78, 5) is 24.3. The molecule has 0 radical (unpaired) electrons. The van der Waals surface area contributed by atoms with Crippen LogP contribution in [-0.4, -0.2) is 48.6 Å². The summed E-state index contributed by atoms with van der Waals surface area (Å²) in [5, 5.41) is 21.4. The van der Waals surface area contributed by atoms with E-state index in [4.69, 9.17) is 9.47 Å². The third-order valence-electron chi connectivity index (χ3n) is 8.62. The van der Waals surface area contributed by atoms with Crippen molar-refractivity contribution < 1.29 is 29.3 Å². The van der Waals surface area contributed by atoms with E-state index >= 15 is 0 Å². The molecule has 2 aliphatic carbocycles. The Labute approximate surface area is 209 Å². The fraction of sp³-hybridized carbons (Fsp3) is 0.586. The number of carbonyl (C=O) groups is 2. The zero-order chi connectivity index (χ0) is 25.6. The third kappa shape index (κ3) is 5.87. The summed E-state index contributed by atoms with van der Waals surface area (Å²) in [5.41, 5.74) is 1.94. The summed E-state index contributed by atoms with van der Waals surface area (Å²) in [6.45, 7) is 6.38. The average Bonchev–Trinajstić information content (AvgIpc) is 2.84. The van der Waals surface area contributed by atoms with Gasteiger partial charge in [-0.3, -0.25) is 4.79 Å². The van der Waals surface area contributed by atoms with E-state index in [1.807, 2.05) is 37.3 Å². The number of fused-ring (bicyclic) bond motifs is 1. The van der Waals surface area contributed by atoms with Gasteiger partial charge < -0.3 is 19.7 Å². The summed E-state index contributed by atoms with van der Waals surface area (Å²) in [5.74, 6) is -0.581. The minimum absolute atomic E-state index is 0.0423. The van der Waals surface area contributed by atoms with E-state index in [0.717, 1.165) is 36.0 Å². The highest BCUT2D eigenvalue weighted by Gasteiger charge is 2.59. The highest BCUT2D eigenvalue weighted by Crippen LogP contribution is 2.62. The van der Waals surface area contributed by atoms with Gasteiger partial charge in [0, 0.05) is 17.4 Å². The van der Waals surface area contributed by atoms with E-state index in [-0.39, 0.29) is 48.8 Å². The molecule has 5 atom stereocenters. The Kier molecular flexibility index (Phi) is 8.94. The molecule has 0 bridgehead atoms. The number of hydrogen-bond donors (Lipinski definition) is 2. The Morgan fingerprint density at radius 2 is 1.91 bits per heavy atom. The molecule has 0 spiro atoms. The molecule has 0 unspecified atom stereocenters. The molecule has 6 heteroatoms. The molecule has 1 aromatic rings. The maximum Gasteiger partial charge on any atom is 0.330 e. The molecule has 1 aromatic carbocycles. The minimum atomic E-state index is -0.635. The molecule has 0 aromatic heterocycles. The largest absolute Gasteiger partial charge is 0.466 e. The molecule has 2 N–H and O–H groups in total. The average molecular weight is 485 g/mol. The van der Waals surface area contributed by atoms with Gasteiger partial charge in [0.15, 0.2) is 0 Å². The van der Waals surface area contributed by atoms with E-state index in [9.17, 15) is 19.8 Å². The molecule has 6 nitrogen and oxygen atoms in total. The number of esters is 2. The normalized spacial score (nSPS) is 30.7. The van der Waals surface area contributed by atoms with Gasteiger partial charge >= 0.3 is 11.9 Å². The monoisotopic (exact) mass is 484 g/mol. The molecule has 3 rings (SSSR count). The van der Waals surface area contributed by atoms with Crippen molar-refractivity contribution in [1.29, 1.82) is 0 Å². The van der Waals surface area contributed by atoms with Crippen LogP contribution in [0.4, 0.5) is 0 Å². The smallest absolute Gasteiger partial charge is 0.330 e. The van der Waals surface area contributed by atoms with Crippen LogP contribution in [0.5, 0.6) is 0 Å². The first-order chi connectivity index (χ1) is 16.6. The molecule has 0 amide bonds. The number of benzene rings is 1. The molecule has 0 saturated heterocycles. The molecule has 1 saturated carbocycles. The number of carbonyl (C=O) groups excluding carboxylic acids is 2. The van der Waals surface area contributed by atoms with Crippen LogP contribution in [0, 0.1) is 22.7 Å². The van der Waals surface area contributed by atoms with Gasteiger partial charge in [-0.05, 0) is 61.5 Å². The van der Waals surface area contributed by atoms with E-state index in [0.29, 0.717) is 12.8 Å². The Morgan fingerprint density at radius 1 is 1.20 bits per heavy atom. The van der Waals surface area contributed by atoms with Crippen molar-refractivity contribution in [2.24, 2.45) is 22.7 Å². The van der Waals surface area contributed by atoms with Gasteiger partial charge in [-0.2, -0.15) is 0 Å². The summed E-state index contributed by atoms with van der Waals surface area (Å²) in [6, 6.07) is 9.52. The fourth-order valence-corrected chi connectivity index (χ4v) is 6.37. The van der Waals surface area contributed by atoms with Crippen molar-refractivity contribution in [3.05, 3.63) is 59.2 Å². The maximum absolute atomic E-state index is 12.6. The molecule has 0 heterocycles. The summed E-state index contributed by atoms with van der Waals surface area (Å²) < 4.78 is 10.6. The van der Waals surface area contributed by atoms with Crippen LogP contribution in [0.1, 0.15) is 58.4 Å². The lowest BCUT2D eigenvalue weighted by atomic mass is 9.45. The van der Waals surface area contributed by atoms with Gasteiger partial charge in [0.05, 0.1) is 32.8 Å². The molecule has 192 valence electrons. The predicted molar refractivity (Wildman–Crippen MR) is 134 cm³/mol. The second-order valence-electron chi connectivity index (χ2n) is 10.6. The summed E-state index contributed by atoms with van der Waals surface area (Å²) in [7, 11) is 1.37. The predicted octanol–water partition coefficient (Wildman–Crippen LogP) is 4.39. The van der Waals surface area contributed by atoms with Gasteiger partial charge in [0.1, 0.15) is 0 Å². The molecular formula is C29H40O6. The van der Waals surface area contributed by atoms with Crippen molar-refractivity contribution in [3.63, 3.8) is 0 Å². The van der Waals surface area contributed by atoms with E-state index in [2.05, 4.69) is 19.9 Å². The number of rotatable bonds is 9. The third-order valence-corrected chi connectivity index (χ3v) is 8.62. The zero-order valence-electron chi connectivity index (χ0n) is 21.5. The van der Waals surface area contributed by atoms with Crippen LogP contribution in [0.3, 0.4) is 0 Å². The SMILES string of the molecule is COC(=O)/C=C(\C)CC[C@@]1(C)[C@H](COC(=O)Cc2ccccc2)C[C@H](O)[C@@]2(C)C(CO)=CCC[C@H]12. The fourth-order valence-electron chi connectivity index (χ4n) is 6.37. The molecule has 1 fully saturated rings. The number of methoxy groups -OCH3 is 1. The Morgan fingerprint density at radius 3 is 2.57 bits per heavy atom. The van der Waals surface area contributed by atoms with Crippen molar-refractivity contribution in [2.45, 2.75) is 65.4 Å². The lowest BCUT2D eigenvalue weighted by molar-refractivity contribution is -0.162. The van der Waals surface area contributed by atoms with E-state index in [1.165, 1.54) is 13.2 Å². The van der Waals surface area contributed by atoms with Gasteiger partial charge in [0.25, 0.3) is 0 Å². The number of hydrogen-bond acceptors (Lipinski definition) is 6. The minimum Gasteiger partial charge on any atom is -0.466 e. The number of aliphatic hydroxyl groups excluding tert-OH is 2. The van der Waals surface area contributed by atoms with Gasteiger partial charge in [-0.25, -0.2) is 4.79 Å². The van der Waals surface area contributed by atoms with E-state index < -0.39 is 11.5 Å². The number of allylic oxidation sites excluding steroid dienone is 2. The molecule has 35 heavy (non-hydrogen) atoms. The van der Waals surface area contributed by atoms with Gasteiger partial charge in [0.2, 0.25) is 0 Å². The Hall–Kier alpha value is -2.44. The lowest BCUT2D eigenvalue weighted by Gasteiger charge is -2.60. The molecule has 0 aliphatic heterocycles.